The van der Waals surface area contributed by atoms with Gasteiger partial charge in [-0.1, -0.05) is 18.2 Å². The van der Waals surface area contributed by atoms with Crippen LogP contribution in [0.3, 0.4) is 0 Å². The van der Waals surface area contributed by atoms with Crippen LogP contribution in [0.5, 0.6) is 0 Å². The van der Waals surface area contributed by atoms with Gasteiger partial charge in [0.25, 0.3) is 10.0 Å². The van der Waals surface area contributed by atoms with E-state index in [1.54, 1.807) is 53.5 Å². The average molecular weight is 381 g/mol. The van der Waals surface area contributed by atoms with Gasteiger partial charge in [-0.05, 0) is 36.4 Å². The fraction of sp³-hybridized carbons (Fsp3) is 0.0556. The van der Waals surface area contributed by atoms with Crippen molar-refractivity contribution in [3.05, 3.63) is 72.6 Å². The number of anilines is 1. The van der Waals surface area contributed by atoms with Gasteiger partial charge in [-0.25, -0.2) is 13.1 Å². The van der Waals surface area contributed by atoms with Crippen LogP contribution < -0.4 is 10.0 Å². The minimum absolute atomic E-state index is 0.163. The van der Waals surface area contributed by atoms with E-state index in [0.717, 1.165) is 5.69 Å². The lowest BCUT2D eigenvalue weighted by molar-refractivity contribution is -0.114. The number of fused-ring (bicyclic) bond motifs is 1. The molecule has 1 aromatic heterocycles. The molecule has 1 aliphatic heterocycles. The lowest BCUT2D eigenvalue weighted by Crippen LogP contribution is -2.24. The van der Waals surface area contributed by atoms with E-state index in [4.69, 9.17) is 0 Å². The fourth-order valence-electron chi connectivity index (χ4n) is 2.75. The summed E-state index contributed by atoms with van der Waals surface area (Å²) in [5, 5.41) is 6.90. The van der Waals surface area contributed by atoms with Crippen LogP contribution in [0.25, 0.3) is 5.69 Å². The Morgan fingerprint density at radius 2 is 2.00 bits per heavy atom. The van der Waals surface area contributed by atoms with E-state index in [2.05, 4.69) is 20.1 Å². The van der Waals surface area contributed by atoms with Crippen molar-refractivity contribution in [2.75, 3.05) is 11.9 Å². The number of hydrogen-bond acceptors (Lipinski definition) is 5. The van der Waals surface area contributed by atoms with Crippen molar-refractivity contribution >= 4 is 27.5 Å². The minimum Gasteiger partial charge on any atom is -0.324 e. The molecule has 0 radical (unpaired) electrons. The van der Waals surface area contributed by atoms with Gasteiger partial charge >= 0.3 is 0 Å². The summed E-state index contributed by atoms with van der Waals surface area (Å²) in [6, 6.07) is 15.5. The Bertz CT molecular complexity index is 1140. The third kappa shape index (κ3) is 3.44. The molecular formula is C18H15N5O3S. The van der Waals surface area contributed by atoms with E-state index < -0.39 is 10.0 Å². The third-order valence-electron chi connectivity index (χ3n) is 3.94. The number of nitrogens with zero attached hydrogens (tertiary/aromatic N) is 3. The van der Waals surface area contributed by atoms with E-state index >= 15 is 0 Å². The highest BCUT2D eigenvalue weighted by Gasteiger charge is 2.30. The van der Waals surface area contributed by atoms with Gasteiger partial charge in [-0.3, -0.25) is 14.5 Å². The number of amidine groups is 1. The smallest absolute Gasteiger partial charge is 0.263 e. The van der Waals surface area contributed by atoms with E-state index in [1.165, 1.54) is 6.07 Å². The Kier molecular flexibility index (Phi) is 4.21. The Morgan fingerprint density at radius 3 is 2.81 bits per heavy atom. The topological polar surface area (TPSA) is 105 Å². The first kappa shape index (κ1) is 17.0. The van der Waals surface area contributed by atoms with Gasteiger partial charge in [0.15, 0.2) is 0 Å². The zero-order chi connectivity index (χ0) is 18.9. The number of carbonyl (C=O) groups excluding carboxylic acids is 1. The summed E-state index contributed by atoms with van der Waals surface area (Å²) in [5.74, 6) is -0.185. The maximum absolute atomic E-state index is 12.2. The summed E-state index contributed by atoms with van der Waals surface area (Å²) in [6.45, 7) is -0.210. The number of aromatic nitrogens is 2. The second kappa shape index (κ2) is 6.69. The minimum atomic E-state index is -3.61. The zero-order valence-corrected chi connectivity index (χ0v) is 14.8. The van der Waals surface area contributed by atoms with Gasteiger partial charge in [-0.2, -0.15) is 5.10 Å². The summed E-state index contributed by atoms with van der Waals surface area (Å²) < 4.78 is 28.2. The average Bonchev–Trinajstić information content (AvgIpc) is 3.28. The SMILES string of the molecule is O=C(CN=C1NS(=O)(=O)c2ccccc21)Nc1cccc(-n2cccn2)c1. The van der Waals surface area contributed by atoms with Crippen molar-refractivity contribution in [1.82, 2.24) is 14.5 Å². The van der Waals surface area contributed by atoms with Crippen LogP contribution in [-0.2, 0) is 14.8 Å². The van der Waals surface area contributed by atoms with Crippen LogP contribution in [0.4, 0.5) is 5.69 Å². The lowest BCUT2D eigenvalue weighted by atomic mass is 10.2. The maximum atomic E-state index is 12.2. The van der Waals surface area contributed by atoms with Gasteiger partial charge in [0.1, 0.15) is 12.4 Å². The molecule has 9 heteroatoms. The highest BCUT2D eigenvalue weighted by Crippen LogP contribution is 2.22. The van der Waals surface area contributed by atoms with Crippen LogP contribution in [0, 0.1) is 0 Å². The van der Waals surface area contributed by atoms with E-state index in [0.29, 0.717) is 11.3 Å². The van der Waals surface area contributed by atoms with Crippen LogP contribution in [0.2, 0.25) is 0 Å². The molecule has 0 spiro atoms. The van der Waals surface area contributed by atoms with E-state index in [-0.39, 0.29) is 23.2 Å². The molecule has 4 rings (SSSR count). The quantitative estimate of drug-likeness (QED) is 0.715. The monoisotopic (exact) mass is 381 g/mol. The molecule has 0 unspecified atom stereocenters. The van der Waals surface area contributed by atoms with Gasteiger partial charge in [-0.15, -0.1) is 0 Å². The first-order chi connectivity index (χ1) is 13.0. The van der Waals surface area contributed by atoms with Gasteiger partial charge in [0, 0.05) is 23.6 Å². The zero-order valence-electron chi connectivity index (χ0n) is 14.0. The van der Waals surface area contributed by atoms with E-state index in [1.807, 2.05) is 12.1 Å². The molecule has 0 saturated heterocycles. The lowest BCUT2D eigenvalue weighted by Gasteiger charge is -2.07. The molecule has 2 N–H and O–H groups in total. The highest BCUT2D eigenvalue weighted by atomic mass is 32.2. The number of carbonyl (C=O) groups is 1. The number of sulfonamides is 1. The number of benzene rings is 2. The Hall–Kier alpha value is -3.46. The molecule has 3 aromatic rings. The second-order valence-corrected chi connectivity index (χ2v) is 7.47. The van der Waals surface area contributed by atoms with Crippen LogP contribution in [0.1, 0.15) is 5.56 Å². The molecule has 0 bridgehead atoms. The van der Waals surface area contributed by atoms with Crippen molar-refractivity contribution in [2.24, 2.45) is 4.99 Å². The van der Waals surface area contributed by atoms with Crippen LogP contribution >= 0.6 is 0 Å². The normalized spacial score (nSPS) is 15.9. The van der Waals surface area contributed by atoms with Crippen LogP contribution in [-0.4, -0.2) is 36.5 Å². The van der Waals surface area contributed by atoms with Gasteiger partial charge in [0.05, 0.1) is 10.6 Å². The van der Waals surface area contributed by atoms with Gasteiger partial charge < -0.3 is 5.32 Å². The molecule has 0 saturated carbocycles. The van der Waals surface area contributed by atoms with Crippen molar-refractivity contribution in [3.63, 3.8) is 0 Å². The maximum Gasteiger partial charge on any atom is 0.263 e. The number of hydrogen-bond donors (Lipinski definition) is 2. The second-order valence-electron chi connectivity index (χ2n) is 5.82. The van der Waals surface area contributed by atoms with Crippen LogP contribution in [0.15, 0.2) is 76.9 Å². The van der Waals surface area contributed by atoms with Crippen molar-refractivity contribution < 1.29 is 13.2 Å². The summed E-state index contributed by atoms with van der Waals surface area (Å²) in [4.78, 5) is 16.5. The molecule has 0 atom stereocenters. The van der Waals surface area contributed by atoms with Gasteiger partial charge in [0.2, 0.25) is 5.91 Å². The summed E-state index contributed by atoms with van der Waals surface area (Å²) >= 11 is 0. The fourth-order valence-corrected chi connectivity index (χ4v) is 4.00. The molecule has 2 heterocycles. The molecule has 8 nitrogen and oxygen atoms in total. The summed E-state index contributed by atoms with van der Waals surface area (Å²) in [5.41, 5.74) is 1.87. The predicted molar refractivity (Wildman–Crippen MR) is 100 cm³/mol. The van der Waals surface area contributed by atoms with Crippen molar-refractivity contribution in [3.8, 4) is 5.69 Å². The number of aliphatic imine (C=N–C) groups is 1. The molecule has 2 aromatic carbocycles. The number of nitrogens with one attached hydrogen (secondary N) is 2. The standard InChI is InChI=1S/C18H15N5O3S/c24-17(21-13-5-3-6-14(11-13)23-10-4-9-20-23)12-19-18-15-7-1-2-8-16(15)27(25,26)22-18/h1-11H,12H2,(H,19,22)(H,21,24). The summed E-state index contributed by atoms with van der Waals surface area (Å²) in [7, 11) is -3.61. The van der Waals surface area contributed by atoms with E-state index in [9.17, 15) is 13.2 Å². The molecule has 1 aliphatic rings. The molecule has 1 amide bonds. The van der Waals surface area contributed by atoms with Crippen molar-refractivity contribution in [2.45, 2.75) is 4.90 Å². The van der Waals surface area contributed by atoms with Crippen molar-refractivity contribution in [1.29, 1.82) is 0 Å². The Morgan fingerprint density at radius 1 is 1.15 bits per heavy atom. The highest BCUT2D eigenvalue weighted by molar-refractivity contribution is 7.90. The molecule has 27 heavy (non-hydrogen) atoms. The Balaban J connectivity index is 1.48. The first-order valence-electron chi connectivity index (χ1n) is 8.09. The molecular weight excluding hydrogens is 366 g/mol. The number of rotatable bonds is 4. The predicted octanol–water partition coefficient (Wildman–Crippen LogP) is 1.55. The largest absolute Gasteiger partial charge is 0.324 e. The summed E-state index contributed by atoms with van der Waals surface area (Å²) in [6.07, 6.45) is 3.47. The third-order valence-corrected chi connectivity index (χ3v) is 5.34. The number of amides is 1. The first-order valence-corrected chi connectivity index (χ1v) is 9.58. The molecule has 0 aliphatic carbocycles. The Labute approximate surface area is 155 Å². The molecule has 136 valence electrons. The molecule has 0 fully saturated rings.